The van der Waals surface area contributed by atoms with Crippen LogP contribution in [0.25, 0.3) is 20.7 Å². The third-order valence-corrected chi connectivity index (χ3v) is 6.26. The van der Waals surface area contributed by atoms with Gasteiger partial charge < -0.3 is 14.4 Å². The molecule has 0 saturated carbocycles. The number of rotatable bonds is 5. The number of ether oxygens (including phenoxy) is 2. The van der Waals surface area contributed by atoms with Crippen LogP contribution in [0.1, 0.15) is 5.56 Å². The maximum Gasteiger partial charge on any atom is 0.262 e. The Kier molecular flexibility index (Phi) is 4.91. The number of carbonyl (C=O) groups is 1. The number of hydrogen-bond acceptors (Lipinski definition) is 6. The Labute approximate surface area is 182 Å². The van der Waals surface area contributed by atoms with Crippen molar-refractivity contribution in [3.8, 4) is 21.9 Å². The molecule has 156 valence electrons. The van der Waals surface area contributed by atoms with E-state index in [1.54, 1.807) is 11.9 Å². The van der Waals surface area contributed by atoms with Crippen LogP contribution < -0.4 is 15.0 Å². The molecule has 0 unspecified atom stereocenters. The minimum atomic E-state index is -0.215. The number of benzene rings is 2. The lowest BCUT2D eigenvalue weighted by molar-refractivity contribution is -0.131. The summed E-state index contributed by atoms with van der Waals surface area (Å²) in [7, 11) is 1.71. The summed E-state index contributed by atoms with van der Waals surface area (Å²) in [5.74, 6) is 1.20. The third kappa shape index (κ3) is 3.77. The zero-order chi connectivity index (χ0) is 21.4. The van der Waals surface area contributed by atoms with Crippen LogP contribution in [0.4, 0.5) is 0 Å². The Bertz CT molecular complexity index is 1330. The molecule has 1 aliphatic heterocycles. The summed E-state index contributed by atoms with van der Waals surface area (Å²) in [5.41, 5.74) is 1.75. The van der Waals surface area contributed by atoms with Crippen LogP contribution >= 0.6 is 11.3 Å². The first-order chi connectivity index (χ1) is 15.1. The second-order valence-electron chi connectivity index (χ2n) is 7.31. The van der Waals surface area contributed by atoms with Crippen molar-refractivity contribution >= 4 is 27.5 Å². The van der Waals surface area contributed by atoms with E-state index in [-0.39, 0.29) is 24.8 Å². The molecule has 0 spiro atoms. The molecule has 0 N–H and O–H groups in total. The van der Waals surface area contributed by atoms with Gasteiger partial charge in [0.1, 0.15) is 11.4 Å². The van der Waals surface area contributed by atoms with Gasteiger partial charge in [-0.25, -0.2) is 4.98 Å². The van der Waals surface area contributed by atoms with Gasteiger partial charge in [0.15, 0.2) is 11.5 Å². The highest BCUT2D eigenvalue weighted by Crippen LogP contribution is 2.33. The molecule has 7 nitrogen and oxygen atoms in total. The molecule has 3 heterocycles. The van der Waals surface area contributed by atoms with E-state index in [2.05, 4.69) is 4.98 Å². The molecule has 0 atom stereocenters. The number of nitrogens with zero attached hydrogens (tertiary/aromatic N) is 3. The number of amides is 1. The van der Waals surface area contributed by atoms with Crippen LogP contribution in [0.15, 0.2) is 65.7 Å². The van der Waals surface area contributed by atoms with Crippen molar-refractivity contribution in [3.63, 3.8) is 0 Å². The normalized spacial score (nSPS) is 12.3. The van der Waals surface area contributed by atoms with Gasteiger partial charge in [-0.1, -0.05) is 36.4 Å². The van der Waals surface area contributed by atoms with E-state index < -0.39 is 0 Å². The maximum atomic E-state index is 12.9. The second kappa shape index (κ2) is 7.88. The minimum Gasteiger partial charge on any atom is -0.454 e. The summed E-state index contributed by atoms with van der Waals surface area (Å²) in [5, 5.41) is 0.526. The quantitative estimate of drug-likeness (QED) is 0.482. The Hall–Kier alpha value is -3.65. The van der Waals surface area contributed by atoms with Crippen molar-refractivity contribution in [2.24, 2.45) is 0 Å². The molecule has 4 aromatic rings. The van der Waals surface area contributed by atoms with Crippen molar-refractivity contribution in [1.82, 2.24) is 14.5 Å². The van der Waals surface area contributed by atoms with Crippen molar-refractivity contribution in [3.05, 3.63) is 76.8 Å². The predicted molar refractivity (Wildman–Crippen MR) is 118 cm³/mol. The van der Waals surface area contributed by atoms with Crippen LogP contribution in [0.2, 0.25) is 0 Å². The number of hydrogen-bond donors (Lipinski definition) is 0. The lowest BCUT2D eigenvalue weighted by Gasteiger charge is -2.18. The molecule has 2 aromatic carbocycles. The van der Waals surface area contributed by atoms with Gasteiger partial charge in [-0.15, -0.1) is 11.3 Å². The predicted octanol–water partition coefficient (Wildman–Crippen LogP) is 3.51. The molecule has 0 fully saturated rings. The molecule has 5 rings (SSSR count). The number of aromatic nitrogens is 2. The van der Waals surface area contributed by atoms with Crippen molar-refractivity contribution in [2.45, 2.75) is 13.1 Å². The minimum absolute atomic E-state index is 0.0701. The smallest absolute Gasteiger partial charge is 0.262 e. The van der Waals surface area contributed by atoms with Gasteiger partial charge in [0, 0.05) is 18.5 Å². The fourth-order valence-corrected chi connectivity index (χ4v) is 4.48. The lowest BCUT2D eigenvalue weighted by atomic mass is 10.2. The molecule has 1 amide bonds. The fourth-order valence-electron chi connectivity index (χ4n) is 3.48. The van der Waals surface area contributed by atoms with Crippen LogP contribution in [0, 0.1) is 0 Å². The highest BCUT2D eigenvalue weighted by atomic mass is 32.1. The van der Waals surface area contributed by atoms with Gasteiger partial charge in [-0.05, 0) is 29.3 Å². The molecular formula is C23H19N3O4S. The Morgan fingerprint density at radius 3 is 2.77 bits per heavy atom. The maximum absolute atomic E-state index is 12.9. The molecule has 0 radical (unpaired) electrons. The molecule has 0 aliphatic carbocycles. The SMILES string of the molecule is CN(Cc1ccc2c(c1)OCO2)C(=O)Cn1cnc2sc(-c3ccccc3)cc2c1=O. The zero-order valence-corrected chi connectivity index (χ0v) is 17.6. The molecule has 0 bridgehead atoms. The number of fused-ring (bicyclic) bond motifs is 2. The summed E-state index contributed by atoms with van der Waals surface area (Å²) in [6, 6.07) is 17.3. The van der Waals surface area contributed by atoms with Gasteiger partial charge in [0.25, 0.3) is 5.56 Å². The summed E-state index contributed by atoms with van der Waals surface area (Å²) in [6.07, 6.45) is 1.45. The fraction of sp³-hybridized carbons (Fsp3) is 0.174. The van der Waals surface area contributed by atoms with Crippen LogP contribution in [0.3, 0.4) is 0 Å². The zero-order valence-electron chi connectivity index (χ0n) is 16.8. The summed E-state index contributed by atoms with van der Waals surface area (Å²) in [4.78, 5) is 33.3. The molecule has 8 heteroatoms. The van der Waals surface area contributed by atoms with Crippen LogP contribution in [0.5, 0.6) is 11.5 Å². The highest BCUT2D eigenvalue weighted by molar-refractivity contribution is 7.21. The van der Waals surface area contributed by atoms with E-state index in [0.29, 0.717) is 28.3 Å². The van der Waals surface area contributed by atoms with Gasteiger partial charge in [-0.3, -0.25) is 14.2 Å². The van der Waals surface area contributed by atoms with E-state index >= 15 is 0 Å². The van der Waals surface area contributed by atoms with Gasteiger partial charge >= 0.3 is 0 Å². The standard InChI is InChI=1S/C23H19N3O4S/c1-25(11-15-7-8-18-19(9-15)30-14-29-18)21(27)12-26-13-24-22-17(23(26)28)10-20(31-22)16-5-3-2-4-6-16/h2-10,13H,11-12,14H2,1H3. The topological polar surface area (TPSA) is 73.7 Å². The molecular weight excluding hydrogens is 414 g/mol. The van der Waals surface area contributed by atoms with Gasteiger partial charge in [0.05, 0.1) is 11.7 Å². The Balaban J connectivity index is 1.34. The molecule has 31 heavy (non-hydrogen) atoms. The molecule has 1 aliphatic rings. The average Bonchev–Trinajstić information content (AvgIpc) is 3.43. The summed E-state index contributed by atoms with van der Waals surface area (Å²) in [6.45, 7) is 0.538. The van der Waals surface area contributed by atoms with Crippen LogP contribution in [-0.2, 0) is 17.9 Å². The van der Waals surface area contributed by atoms with E-state index in [4.69, 9.17) is 9.47 Å². The third-order valence-electron chi connectivity index (χ3n) is 5.16. The molecule has 2 aromatic heterocycles. The summed E-state index contributed by atoms with van der Waals surface area (Å²) < 4.78 is 12.1. The van der Waals surface area contributed by atoms with Gasteiger partial charge in [-0.2, -0.15) is 0 Å². The van der Waals surface area contributed by atoms with E-state index in [1.807, 2.05) is 54.6 Å². The monoisotopic (exact) mass is 433 g/mol. The van der Waals surface area contributed by atoms with E-state index in [0.717, 1.165) is 16.0 Å². The Morgan fingerprint density at radius 1 is 1.13 bits per heavy atom. The number of carbonyl (C=O) groups excluding carboxylic acids is 1. The lowest BCUT2D eigenvalue weighted by Crippen LogP contribution is -2.33. The first-order valence-electron chi connectivity index (χ1n) is 9.75. The number of likely N-dealkylation sites (N-methyl/N-ethyl adjacent to an activating group) is 1. The summed E-state index contributed by atoms with van der Waals surface area (Å²) >= 11 is 1.47. The largest absolute Gasteiger partial charge is 0.454 e. The molecule has 0 saturated heterocycles. The first kappa shape index (κ1) is 19.3. The van der Waals surface area contributed by atoms with Crippen molar-refractivity contribution in [2.75, 3.05) is 13.8 Å². The van der Waals surface area contributed by atoms with Crippen molar-refractivity contribution < 1.29 is 14.3 Å². The van der Waals surface area contributed by atoms with Crippen LogP contribution in [-0.4, -0.2) is 34.2 Å². The Morgan fingerprint density at radius 2 is 1.94 bits per heavy atom. The van der Waals surface area contributed by atoms with Gasteiger partial charge in [0.2, 0.25) is 12.7 Å². The van der Waals surface area contributed by atoms with Crippen molar-refractivity contribution in [1.29, 1.82) is 0 Å². The number of thiophene rings is 1. The average molecular weight is 433 g/mol. The van der Waals surface area contributed by atoms with E-state index in [9.17, 15) is 9.59 Å². The second-order valence-corrected chi connectivity index (χ2v) is 8.34. The van der Waals surface area contributed by atoms with E-state index in [1.165, 1.54) is 22.2 Å². The highest BCUT2D eigenvalue weighted by Gasteiger charge is 2.17. The first-order valence-corrected chi connectivity index (χ1v) is 10.6.